The number of fused-ring (bicyclic) bond motifs is 1. The molecule has 1 N–H and O–H groups in total. The first-order valence-electron chi connectivity index (χ1n) is 5.81. The number of hydrogen-bond acceptors (Lipinski definition) is 2. The number of nitrogens with one attached hydrogen (secondary N) is 1. The number of nitrogens with zero attached hydrogens (tertiary/aromatic N) is 1. The molecular weight excluding hydrogens is 312 g/mol. The maximum absolute atomic E-state index is 6.27. The van der Waals surface area contributed by atoms with Crippen molar-refractivity contribution in [3.8, 4) is 0 Å². The number of aromatic nitrogens is 1. The Bertz CT molecular complexity index is 603. The molecule has 1 aromatic heterocycles. The van der Waals surface area contributed by atoms with Crippen molar-refractivity contribution >= 4 is 44.1 Å². The lowest BCUT2D eigenvalue weighted by atomic mass is 9.91. The van der Waals surface area contributed by atoms with E-state index in [9.17, 15) is 0 Å². The quantitative estimate of drug-likeness (QED) is 0.798. The summed E-state index contributed by atoms with van der Waals surface area (Å²) in [5.41, 5.74) is 2.90. The molecule has 2 rings (SSSR count). The van der Waals surface area contributed by atoms with Crippen LogP contribution in [0.2, 0.25) is 5.02 Å². The second-order valence-electron chi connectivity index (χ2n) is 5.31. The van der Waals surface area contributed by atoms with Gasteiger partial charge >= 0.3 is 0 Å². The summed E-state index contributed by atoms with van der Waals surface area (Å²) in [4.78, 5) is 4.71. The van der Waals surface area contributed by atoms with E-state index in [1.807, 2.05) is 19.2 Å². The van der Waals surface area contributed by atoms with Crippen LogP contribution >= 0.6 is 27.5 Å². The van der Waals surface area contributed by atoms with Crippen LogP contribution in [-0.2, 0) is 5.41 Å². The van der Waals surface area contributed by atoms with E-state index >= 15 is 0 Å². The summed E-state index contributed by atoms with van der Waals surface area (Å²) in [6.45, 7) is 6.44. The molecule has 2 nitrogen and oxygen atoms in total. The highest BCUT2D eigenvalue weighted by Crippen LogP contribution is 2.36. The average Bonchev–Trinajstić information content (AvgIpc) is 2.31. The highest BCUT2D eigenvalue weighted by Gasteiger charge is 2.19. The van der Waals surface area contributed by atoms with Crippen LogP contribution in [0.5, 0.6) is 0 Å². The Kier molecular flexibility index (Phi) is 3.56. The minimum Gasteiger partial charge on any atom is -0.387 e. The number of halogens is 2. The fraction of sp³-hybridized carbons (Fsp3) is 0.357. The number of benzene rings is 1. The number of rotatable bonds is 1. The van der Waals surface area contributed by atoms with Crippen LogP contribution in [0.1, 0.15) is 26.5 Å². The Balaban J connectivity index is 2.88. The molecule has 4 heteroatoms. The normalized spacial score (nSPS) is 11.9. The lowest BCUT2D eigenvalue weighted by molar-refractivity contribution is 0.572. The van der Waals surface area contributed by atoms with Crippen molar-refractivity contribution in [2.24, 2.45) is 0 Å². The van der Waals surface area contributed by atoms with Crippen molar-refractivity contribution in [3.63, 3.8) is 0 Å². The first-order valence-corrected chi connectivity index (χ1v) is 6.98. The summed E-state index contributed by atoms with van der Waals surface area (Å²) in [5.74, 6) is 0. The standard InChI is InChI=1S/C14H16BrClN2/c1-14(2,3)11-7-10(17-4)12-8(15)5-6-9(16)13(12)18-11/h5-7H,1-4H3,(H,17,18). The molecule has 0 saturated heterocycles. The van der Waals surface area contributed by atoms with Gasteiger partial charge in [-0.25, -0.2) is 0 Å². The first-order chi connectivity index (χ1) is 8.34. The van der Waals surface area contributed by atoms with E-state index in [-0.39, 0.29) is 5.41 Å². The highest BCUT2D eigenvalue weighted by molar-refractivity contribution is 9.10. The summed E-state index contributed by atoms with van der Waals surface area (Å²) in [7, 11) is 1.91. The molecule has 0 atom stereocenters. The summed E-state index contributed by atoms with van der Waals surface area (Å²) in [6.07, 6.45) is 0. The van der Waals surface area contributed by atoms with Gasteiger partial charge in [0.25, 0.3) is 0 Å². The molecule has 0 unspecified atom stereocenters. The maximum Gasteiger partial charge on any atom is 0.0923 e. The minimum absolute atomic E-state index is 0.00850. The Morgan fingerprint density at radius 2 is 1.94 bits per heavy atom. The summed E-state index contributed by atoms with van der Waals surface area (Å²) in [6, 6.07) is 5.90. The Morgan fingerprint density at radius 1 is 1.28 bits per heavy atom. The second kappa shape index (κ2) is 4.71. The van der Waals surface area contributed by atoms with Gasteiger partial charge in [0.1, 0.15) is 0 Å². The van der Waals surface area contributed by atoms with Crippen molar-refractivity contribution in [1.29, 1.82) is 0 Å². The van der Waals surface area contributed by atoms with Gasteiger partial charge in [0.05, 0.1) is 10.5 Å². The van der Waals surface area contributed by atoms with E-state index in [1.54, 1.807) is 0 Å². The number of anilines is 1. The third-order valence-corrected chi connectivity index (χ3v) is 3.86. The van der Waals surface area contributed by atoms with Crippen molar-refractivity contribution in [1.82, 2.24) is 4.98 Å². The number of hydrogen-bond donors (Lipinski definition) is 1. The Morgan fingerprint density at radius 3 is 2.50 bits per heavy atom. The molecule has 0 amide bonds. The van der Waals surface area contributed by atoms with Crippen LogP contribution in [0.4, 0.5) is 5.69 Å². The largest absolute Gasteiger partial charge is 0.387 e. The van der Waals surface area contributed by atoms with E-state index in [1.165, 1.54) is 0 Å². The second-order valence-corrected chi connectivity index (χ2v) is 6.57. The van der Waals surface area contributed by atoms with E-state index in [0.717, 1.165) is 26.8 Å². The van der Waals surface area contributed by atoms with E-state index in [0.29, 0.717) is 5.02 Å². The van der Waals surface area contributed by atoms with E-state index in [2.05, 4.69) is 48.1 Å². The Labute approximate surface area is 121 Å². The van der Waals surface area contributed by atoms with Gasteiger partial charge in [-0.05, 0) is 18.2 Å². The summed E-state index contributed by atoms with van der Waals surface area (Å²) in [5, 5.41) is 4.92. The molecule has 2 aromatic rings. The zero-order valence-corrected chi connectivity index (χ0v) is 13.3. The van der Waals surface area contributed by atoms with Crippen LogP contribution in [0.15, 0.2) is 22.7 Å². The third kappa shape index (κ3) is 2.34. The monoisotopic (exact) mass is 326 g/mol. The van der Waals surface area contributed by atoms with Crippen LogP contribution in [0, 0.1) is 0 Å². The molecule has 0 aliphatic carbocycles. The average molecular weight is 328 g/mol. The van der Waals surface area contributed by atoms with Gasteiger partial charge in [-0.3, -0.25) is 4.98 Å². The SMILES string of the molecule is CNc1cc(C(C)(C)C)nc2c(Cl)ccc(Br)c12. The molecule has 0 aliphatic rings. The zero-order valence-electron chi connectivity index (χ0n) is 10.9. The lowest BCUT2D eigenvalue weighted by Crippen LogP contribution is -2.14. The molecular formula is C14H16BrClN2. The molecule has 0 bridgehead atoms. The van der Waals surface area contributed by atoms with Gasteiger partial charge in [-0.2, -0.15) is 0 Å². The lowest BCUT2D eigenvalue weighted by Gasteiger charge is -2.20. The van der Waals surface area contributed by atoms with Crippen molar-refractivity contribution in [3.05, 3.63) is 33.4 Å². The fourth-order valence-electron chi connectivity index (χ4n) is 1.85. The molecule has 96 valence electrons. The first kappa shape index (κ1) is 13.6. The maximum atomic E-state index is 6.27. The summed E-state index contributed by atoms with van der Waals surface area (Å²) >= 11 is 9.83. The number of pyridine rings is 1. The predicted octanol–water partition coefficient (Wildman–Crippen LogP) is 4.99. The predicted molar refractivity (Wildman–Crippen MR) is 82.7 cm³/mol. The Hall–Kier alpha value is -0.800. The topological polar surface area (TPSA) is 24.9 Å². The molecule has 1 aromatic carbocycles. The zero-order chi connectivity index (χ0) is 13.5. The van der Waals surface area contributed by atoms with Crippen LogP contribution in [0.3, 0.4) is 0 Å². The summed E-state index contributed by atoms with van der Waals surface area (Å²) < 4.78 is 0.999. The third-order valence-electron chi connectivity index (χ3n) is 2.90. The van der Waals surface area contributed by atoms with Crippen molar-refractivity contribution < 1.29 is 0 Å². The van der Waals surface area contributed by atoms with Crippen LogP contribution in [-0.4, -0.2) is 12.0 Å². The van der Waals surface area contributed by atoms with Crippen LogP contribution < -0.4 is 5.32 Å². The highest BCUT2D eigenvalue weighted by atomic mass is 79.9. The molecule has 0 fully saturated rings. The van der Waals surface area contributed by atoms with Gasteiger partial charge in [-0.1, -0.05) is 48.3 Å². The minimum atomic E-state index is -0.00850. The van der Waals surface area contributed by atoms with Crippen LogP contribution in [0.25, 0.3) is 10.9 Å². The van der Waals surface area contributed by atoms with Gasteiger partial charge < -0.3 is 5.32 Å². The molecule has 1 heterocycles. The van der Waals surface area contributed by atoms with Gasteiger partial charge in [0.2, 0.25) is 0 Å². The fourth-order valence-corrected chi connectivity index (χ4v) is 2.58. The van der Waals surface area contributed by atoms with E-state index < -0.39 is 0 Å². The molecule has 18 heavy (non-hydrogen) atoms. The molecule has 0 saturated carbocycles. The smallest absolute Gasteiger partial charge is 0.0923 e. The van der Waals surface area contributed by atoms with Gasteiger partial charge in [0.15, 0.2) is 0 Å². The molecule has 0 radical (unpaired) electrons. The van der Waals surface area contributed by atoms with Gasteiger partial charge in [0, 0.05) is 33.7 Å². The van der Waals surface area contributed by atoms with E-state index in [4.69, 9.17) is 16.6 Å². The van der Waals surface area contributed by atoms with Crippen molar-refractivity contribution in [2.75, 3.05) is 12.4 Å². The van der Waals surface area contributed by atoms with Crippen molar-refractivity contribution in [2.45, 2.75) is 26.2 Å². The molecule has 0 aliphatic heterocycles. The van der Waals surface area contributed by atoms with Gasteiger partial charge in [-0.15, -0.1) is 0 Å². The molecule has 0 spiro atoms.